The monoisotopic (exact) mass is 276 g/mol. The van der Waals surface area contributed by atoms with Gasteiger partial charge in [0.15, 0.2) is 13.6 Å². The van der Waals surface area contributed by atoms with Gasteiger partial charge in [-0.1, -0.05) is 0 Å². The van der Waals surface area contributed by atoms with Crippen LogP contribution in [0.3, 0.4) is 0 Å². The highest BCUT2D eigenvalue weighted by molar-refractivity contribution is 6.18. The molecule has 0 aliphatic rings. The van der Waals surface area contributed by atoms with Crippen LogP contribution < -0.4 is 9.47 Å². The molecule has 102 valence electrons. The number of methoxy groups -OCH3 is 2. The van der Waals surface area contributed by atoms with E-state index in [0.717, 1.165) is 0 Å². The van der Waals surface area contributed by atoms with Gasteiger partial charge in [-0.3, -0.25) is 0 Å². The van der Waals surface area contributed by atoms with Gasteiger partial charge in [-0.15, -0.1) is 11.6 Å². The molecule has 6 heteroatoms. The average Bonchev–Trinajstić information content (AvgIpc) is 2.41. The topological polar surface area (TPSA) is 57.2 Å². The molecule has 0 aromatic heterocycles. The van der Waals surface area contributed by atoms with Crippen molar-refractivity contribution in [1.82, 2.24) is 0 Å². The molecule has 1 atom stereocenters. The third kappa shape index (κ3) is 4.70. The molecule has 0 bridgehead atoms. The van der Waals surface area contributed by atoms with Crippen LogP contribution in [-0.2, 0) is 9.47 Å². The molecule has 0 aliphatic carbocycles. The van der Waals surface area contributed by atoms with Crippen LogP contribution in [0.1, 0.15) is 11.7 Å². The van der Waals surface area contributed by atoms with E-state index in [-0.39, 0.29) is 19.5 Å². The maximum atomic E-state index is 9.72. The van der Waals surface area contributed by atoms with Gasteiger partial charge in [-0.05, 0) is 17.7 Å². The van der Waals surface area contributed by atoms with E-state index in [9.17, 15) is 5.11 Å². The minimum Gasteiger partial charge on any atom is -0.467 e. The summed E-state index contributed by atoms with van der Waals surface area (Å²) in [6.45, 7) is 0.230. The number of alkyl halides is 1. The van der Waals surface area contributed by atoms with Crippen molar-refractivity contribution < 1.29 is 24.1 Å². The molecule has 0 saturated heterocycles. The highest BCUT2D eigenvalue weighted by atomic mass is 35.5. The Morgan fingerprint density at radius 1 is 1.06 bits per heavy atom. The van der Waals surface area contributed by atoms with Crippen LogP contribution in [0.4, 0.5) is 0 Å². The number of halogens is 1. The molecule has 1 aromatic rings. The second-order valence-corrected chi connectivity index (χ2v) is 3.82. The summed E-state index contributed by atoms with van der Waals surface area (Å²) in [5.74, 6) is 1.16. The standard InChI is InChI=1S/C12H17ClO5/c1-15-7-17-10-3-9(12(14)6-13)4-11(5-10)18-8-16-2/h3-5,12,14H,6-8H2,1-2H3/t12-/m1/s1. The van der Waals surface area contributed by atoms with E-state index in [1.807, 2.05) is 0 Å². The first-order valence-electron chi connectivity index (χ1n) is 5.33. The average molecular weight is 277 g/mol. The molecule has 1 rings (SSSR count). The second kappa shape index (κ2) is 8.16. The van der Waals surface area contributed by atoms with Crippen molar-refractivity contribution >= 4 is 11.6 Å². The Morgan fingerprint density at radius 2 is 1.56 bits per heavy atom. The van der Waals surface area contributed by atoms with Crippen LogP contribution in [0.5, 0.6) is 11.5 Å². The minimum absolute atomic E-state index is 0.0947. The van der Waals surface area contributed by atoms with Crippen LogP contribution in [0.25, 0.3) is 0 Å². The SMILES string of the molecule is COCOc1cc(OCOC)cc([C@H](O)CCl)c1. The first kappa shape index (κ1) is 15.0. The summed E-state index contributed by atoms with van der Waals surface area (Å²) >= 11 is 5.62. The zero-order valence-electron chi connectivity index (χ0n) is 10.4. The van der Waals surface area contributed by atoms with Crippen LogP contribution in [-0.4, -0.2) is 38.8 Å². The molecule has 0 aliphatic heterocycles. The Bertz CT molecular complexity index is 332. The summed E-state index contributed by atoms with van der Waals surface area (Å²) in [5.41, 5.74) is 0.615. The van der Waals surface area contributed by atoms with Crippen LogP contribution in [0.15, 0.2) is 18.2 Å². The summed E-state index contributed by atoms with van der Waals surface area (Å²) in [5, 5.41) is 9.72. The summed E-state index contributed by atoms with van der Waals surface area (Å²) in [6.07, 6.45) is -0.775. The van der Waals surface area contributed by atoms with Crippen molar-refractivity contribution in [3.63, 3.8) is 0 Å². The van der Waals surface area contributed by atoms with Crippen LogP contribution in [0.2, 0.25) is 0 Å². The molecule has 0 spiro atoms. The van der Waals surface area contributed by atoms with Crippen LogP contribution in [0, 0.1) is 0 Å². The van der Waals surface area contributed by atoms with Gasteiger partial charge in [0, 0.05) is 20.3 Å². The largest absolute Gasteiger partial charge is 0.467 e. The third-order valence-corrected chi connectivity index (χ3v) is 2.41. The van der Waals surface area contributed by atoms with Crippen molar-refractivity contribution in [3.8, 4) is 11.5 Å². The van der Waals surface area contributed by atoms with Crippen molar-refractivity contribution in [1.29, 1.82) is 0 Å². The molecule has 0 amide bonds. The van der Waals surface area contributed by atoms with Gasteiger partial charge in [0.2, 0.25) is 0 Å². The summed E-state index contributed by atoms with van der Waals surface area (Å²) in [4.78, 5) is 0. The lowest BCUT2D eigenvalue weighted by Gasteiger charge is -2.13. The third-order valence-electron chi connectivity index (χ3n) is 2.12. The highest BCUT2D eigenvalue weighted by Gasteiger charge is 2.10. The highest BCUT2D eigenvalue weighted by Crippen LogP contribution is 2.27. The Hall–Kier alpha value is -1.01. The second-order valence-electron chi connectivity index (χ2n) is 3.51. The fourth-order valence-electron chi connectivity index (χ4n) is 1.30. The molecule has 0 radical (unpaired) electrons. The van der Waals surface area contributed by atoms with Crippen molar-refractivity contribution in [2.75, 3.05) is 33.7 Å². The Labute approximate surface area is 111 Å². The number of aliphatic hydroxyl groups is 1. The lowest BCUT2D eigenvalue weighted by molar-refractivity contribution is 0.0456. The van der Waals surface area contributed by atoms with Crippen molar-refractivity contribution in [3.05, 3.63) is 23.8 Å². The molecule has 0 heterocycles. The van der Waals surface area contributed by atoms with Gasteiger partial charge < -0.3 is 24.1 Å². The van der Waals surface area contributed by atoms with Gasteiger partial charge >= 0.3 is 0 Å². The van der Waals surface area contributed by atoms with Crippen molar-refractivity contribution in [2.45, 2.75) is 6.10 Å². The van der Waals surface area contributed by atoms with E-state index < -0.39 is 6.10 Å². The predicted octanol–water partition coefficient (Wildman–Crippen LogP) is 1.92. The number of hydrogen-bond acceptors (Lipinski definition) is 5. The number of aliphatic hydroxyl groups excluding tert-OH is 1. The number of hydrogen-bond donors (Lipinski definition) is 1. The normalized spacial score (nSPS) is 12.2. The Kier molecular flexibility index (Phi) is 6.82. The molecule has 0 unspecified atom stereocenters. The molecule has 18 heavy (non-hydrogen) atoms. The fourth-order valence-corrected chi connectivity index (χ4v) is 1.47. The van der Waals surface area contributed by atoms with Gasteiger partial charge in [-0.25, -0.2) is 0 Å². The molecule has 0 saturated carbocycles. The van der Waals surface area contributed by atoms with E-state index >= 15 is 0 Å². The van der Waals surface area contributed by atoms with E-state index in [0.29, 0.717) is 17.1 Å². The summed E-state index contributed by atoms with van der Waals surface area (Å²) < 4.78 is 20.3. The molecule has 5 nitrogen and oxygen atoms in total. The van der Waals surface area contributed by atoms with Gasteiger partial charge in [0.25, 0.3) is 0 Å². The van der Waals surface area contributed by atoms with E-state index in [2.05, 4.69) is 0 Å². The van der Waals surface area contributed by atoms with E-state index in [1.54, 1.807) is 18.2 Å². The zero-order valence-corrected chi connectivity index (χ0v) is 11.1. The summed E-state index contributed by atoms with van der Waals surface area (Å²) in [7, 11) is 3.06. The van der Waals surface area contributed by atoms with E-state index in [4.69, 9.17) is 30.5 Å². The molecule has 0 fully saturated rings. The summed E-state index contributed by atoms with van der Waals surface area (Å²) in [6, 6.07) is 5.06. The Balaban J connectivity index is 2.88. The quantitative estimate of drug-likeness (QED) is 0.581. The smallest absolute Gasteiger partial charge is 0.188 e. The minimum atomic E-state index is -0.775. The Morgan fingerprint density at radius 3 is 1.94 bits per heavy atom. The van der Waals surface area contributed by atoms with Crippen molar-refractivity contribution in [2.24, 2.45) is 0 Å². The number of ether oxygens (including phenoxy) is 4. The lowest BCUT2D eigenvalue weighted by Crippen LogP contribution is -2.05. The lowest BCUT2D eigenvalue weighted by atomic mass is 10.1. The number of rotatable bonds is 8. The number of benzene rings is 1. The maximum Gasteiger partial charge on any atom is 0.188 e. The fraction of sp³-hybridized carbons (Fsp3) is 0.500. The first-order valence-corrected chi connectivity index (χ1v) is 5.87. The molecular formula is C12H17ClO5. The molecule has 1 N–H and O–H groups in total. The molecule has 1 aromatic carbocycles. The predicted molar refractivity (Wildman–Crippen MR) is 67.1 cm³/mol. The maximum absolute atomic E-state index is 9.72. The van der Waals surface area contributed by atoms with Gasteiger partial charge in [0.1, 0.15) is 11.5 Å². The molecular weight excluding hydrogens is 260 g/mol. The van der Waals surface area contributed by atoms with Gasteiger partial charge in [-0.2, -0.15) is 0 Å². The van der Waals surface area contributed by atoms with Crippen LogP contribution >= 0.6 is 11.6 Å². The zero-order chi connectivity index (χ0) is 13.4. The van der Waals surface area contributed by atoms with Gasteiger partial charge in [0.05, 0.1) is 12.0 Å². The first-order chi connectivity index (χ1) is 8.71. The van der Waals surface area contributed by atoms with E-state index in [1.165, 1.54) is 14.2 Å².